The Balaban J connectivity index is 2.96. The van der Waals surface area contributed by atoms with E-state index in [1.807, 2.05) is 0 Å². The lowest BCUT2D eigenvalue weighted by Crippen LogP contribution is -2.20. The van der Waals surface area contributed by atoms with Crippen molar-refractivity contribution in [2.45, 2.75) is 0 Å². The summed E-state index contributed by atoms with van der Waals surface area (Å²) in [4.78, 5) is 18.3. The van der Waals surface area contributed by atoms with Gasteiger partial charge in [0, 0.05) is 13.2 Å². The summed E-state index contributed by atoms with van der Waals surface area (Å²) < 4.78 is 0. The van der Waals surface area contributed by atoms with E-state index in [0.717, 1.165) is 0 Å². The molecule has 0 aliphatic heterocycles. The van der Waals surface area contributed by atoms with Crippen molar-refractivity contribution in [1.29, 1.82) is 0 Å². The van der Waals surface area contributed by atoms with E-state index in [1.165, 1.54) is 19.3 Å². The molecule has 0 aliphatic carbocycles. The van der Waals surface area contributed by atoms with Crippen LogP contribution in [0.2, 0.25) is 0 Å². The van der Waals surface area contributed by atoms with Gasteiger partial charge in [-0.15, -0.1) is 0 Å². The van der Waals surface area contributed by atoms with E-state index in [1.54, 1.807) is 0 Å². The summed E-state index contributed by atoms with van der Waals surface area (Å²) in [6, 6.07) is 1.52. The minimum absolute atomic E-state index is 0.0903. The minimum atomic E-state index is -0.336. The fourth-order valence-corrected chi connectivity index (χ4v) is 0.594. The van der Waals surface area contributed by atoms with E-state index in [2.05, 4.69) is 15.3 Å². The molecule has 3 N–H and O–H groups in total. The Morgan fingerprint density at radius 3 is 3.00 bits per heavy atom. The van der Waals surface area contributed by atoms with Crippen LogP contribution in [-0.4, -0.2) is 22.9 Å². The fraction of sp³-hybridized carbons (Fsp3) is 0.167. The topological polar surface area (TPSA) is 80.9 Å². The number of nitrogens with one attached hydrogen (secondary N) is 1. The molecule has 0 radical (unpaired) electrons. The van der Waals surface area contributed by atoms with E-state index in [4.69, 9.17) is 5.73 Å². The highest BCUT2D eigenvalue weighted by molar-refractivity contribution is 5.90. The van der Waals surface area contributed by atoms with Crippen molar-refractivity contribution in [2.75, 3.05) is 12.8 Å². The van der Waals surface area contributed by atoms with Gasteiger partial charge < -0.3 is 11.1 Å². The fourth-order valence-electron chi connectivity index (χ4n) is 0.594. The summed E-state index contributed by atoms with van der Waals surface area (Å²) >= 11 is 0. The first-order valence-electron chi connectivity index (χ1n) is 3.04. The minimum Gasteiger partial charge on any atom is -0.384 e. The van der Waals surface area contributed by atoms with E-state index in [-0.39, 0.29) is 11.7 Å². The maximum absolute atomic E-state index is 10.9. The SMILES string of the molecule is CNC(=O)c1nccc(N)n1. The number of nitrogen functional groups attached to an aromatic ring is 1. The van der Waals surface area contributed by atoms with Crippen molar-refractivity contribution >= 4 is 11.7 Å². The Hall–Kier alpha value is -1.65. The molecular weight excluding hydrogens is 144 g/mol. The molecule has 0 saturated carbocycles. The Labute approximate surface area is 63.7 Å². The van der Waals surface area contributed by atoms with Crippen LogP contribution in [0, 0.1) is 0 Å². The van der Waals surface area contributed by atoms with Crippen molar-refractivity contribution in [1.82, 2.24) is 15.3 Å². The van der Waals surface area contributed by atoms with Crippen molar-refractivity contribution < 1.29 is 4.79 Å². The highest BCUT2D eigenvalue weighted by Crippen LogP contribution is 1.94. The number of nitrogens with zero attached hydrogens (tertiary/aromatic N) is 2. The molecule has 0 aliphatic rings. The Morgan fingerprint density at radius 1 is 1.73 bits per heavy atom. The lowest BCUT2D eigenvalue weighted by atomic mass is 10.5. The predicted octanol–water partition coefficient (Wildman–Crippen LogP) is -0.582. The first-order chi connectivity index (χ1) is 5.24. The van der Waals surface area contributed by atoms with Crippen LogP contribution < -0.4 is 11.1 Å². The van der Waals surface area contributed by atoms with Gasteiger partial charge in [0.05, 0.1) is 0 Å². The number of rotatable bonds is 1. The van der Waals surface area contributed by atoms with Crippen LogP contribution in [0.4, 0.5) is 5.82 Å². The van der Waals surface area contributed by atoms with Gasteiger partial charge >= 0.3 is 0 Å². The second kappa shape index (κ2) is 2.96. The molecule has 1 heterocycles. The van der Waals surface area contributed by atoms with Crippen LogP contribution >= 0.6 is 0 Å². The van der Waals surface area contributed by atoms with Crippen LogP contribution in [0.25, 0.3) is 0 Å². The molecule has 1 aromatic rings. The van der Waals surface area contributed by atoms with Crippen molar-refractivity contribution in [3.8, 4) is 0 Å². The molecule has 1 aromatic heterocycles. The lowest BCUT2D eigenvalue weighted by Gasteiger charge is -1.96. The van der Waals surface area contributed by atoms with Crippen LogP contribution in [0.1, 0.15) is 10.6 Å². The molecule has 5 heteroatoms. The number of hydrogen-bond donors (Lipinski definition) is 2. The molecule has 1 amide bonds. The molecule has 1 rings (SSSR count). The van der Waals surface area contributed by atoms with Gasteiger partial charge in [-0.3, -0.25) is 4.79 Å². The molecule has 0 fully saturated rings. The average molecular weight is 152 g/mol. The second-order valence-electron chi connectivity index (χ2n) is 1.88. The quantitative estimate of drug-likeness (QED) is 0.564. The molecule has 0 saturated heterocycles. The predicted molar refractivity (Wildman–Crippen MR) is 39.8 cm³/mol. The van der Waals surface area contributed by atoms with Gasteiger partial charge in [0.25, 0.3) is 5.91 Å². The molecule has 0 aromatic carbocycles. The van der Waals surface area contributed by atoms with E-state index >= 15 is 0 Å². The largest absolute Gasteiger partial charge is 0.384 e. The molecule has 0 unspecified atom stereocenters. The van der Waals surface area contributed by atoms with Gasteiger partial charge in [-0.05, 0) is 6.07 Å². The number of aromatic nitrogens is 2. The van der Waals surface area contributed by atoms with Gasteiger partial charge in [0.1, 0.15) is 5.82 Å². The smallest absolute Gasteiger partial charge is 0.288 e. The summed E-state index contributed by atoms with van der Waals surface area (Å²) in [5.41, 5.74) is 5.32. The van der Waals surface area contributed by atoms with Gasteiger partial charge in [0.2, 0.25) is 5.82 Å². The highest BCUT2D eigenvalue weighted by Gasteiger charge is 2.04. The molecule has 5 nitrogen and oxygen atoms in total. The number of anilines is 1. The monoisotopic (exact) mass is 152 g/mol. The first kappa shape index (κ1) is 7.46. The van der Waals surface area contributed by atoms with Crippen LogP contribution in [0.3, 0.4) is 0 Å². The normalized spacial score (nSPS) is 9.18. The first-order valence-corrected chi connectivity index (χ1v) is 3.04. The molecule has 0 atom stereocenters. The van der Waals surface area contributed by atoms with Gasteiger partial charge in [-0.2, -0.15) is 0 Å². The Bertz CT molecular complexity index is 273. The van der Waals surface area contributed by atoms with Crippen LogP contribution in [0.5, 0.6) is 0 Å². The van der Waals surface area contributed by atoms with E-state index < -0.39 is 0 Å². The van der Waals surface area contributed by atoms with Crippen molar-refractivity contribution in [3.63, 3.8) is 0 Å². The summed E-state index contributed by atoms with van der Waals surface area (Å²) in [5.74, 6) is 0.0448. The molecular formula is C6H8N4O. The Kier molecular flexibility index (Phi) is 2.00. The zero-order valence-corrected chi connectivity index (χ0v) is 6.03. The lowest BCUT2D eigenvalue weighted by molar-refractivity contribution is 0.0953. The van der Waals surface area contributed by atoms with E-state index in [0.29, 0.717) is 5.82 Å². The highest BCUT2D eigenvalue weighted by atomic mass is 16.2. The van der Waals surface area contributed by atoms with Gasteiger partial charge in [-0.1, -0.05) is 0 Å². The summed E-state index contributed by atoms with van der Waals surface area (Å²) in [5, 5.41) is 2.39. The number of carbonyl (C=O) groups excluding carboxylic acids is 1. The molecule has 0 bridgehead atoms. The summed E-state index contributed by atoms with van der Waals surface area (Å²) in [6.07, 6.45) is 1.44. The Morgan fingerprint density at radius 2 is 2.45 bits per heavy atom. The summed E-state index contributed by atoms with van der Waals surface area (Å²) in [7, 11) is 1.51. The standard InChI is InChI=1S/C6H8N4O/c1-8-6(11)5-9-3-2-4(7)10-5/h2-3H,1H3,(H,8,11)(H2,7,9,10). The second-order valence-corrected chi connectivity index (χ2v) is 1.88. The number of carbonyl (C=O) groups is 1. The maximum atomic E-state index is 10.9. The number of hydrogen-bond acceptors (Lipinski definition) is 4. The number of nitrogens with two attached hydrogens (primary N) is 1. The van der Waals surface area contributed by atoms with Crippen LogP contribution in [-0.2, 0) is 0 Å². The summed E-state index contributed by atoms with van der Waals surface area (Å²) in [6.45, 7) is 0. The third-order valence-electron chi connectivity index (χ3n) is 1.11. The zero-order chi connectivity index (χ0) is 8.27. The maximum Gasteiger partial charge on any atom is 0.288 e. The third-order valence-corrected chi connectivity index (χ3v) is 1.11. The molecule has 11 heavy (non-hydrogen) atoms. The molecule has 58 valence electrons. The third kappa shape index (κ3) is 1.64. The number of amides is 1. The average Bonchev–Trinajstić information content (AvgIpc) is 2.03. The van der Waals surface area contributed by atoms with Crippen molar-refractivity contribution in [2.24, 2.45) is 0 Å². The van der Waals surface area contributed by atoms with Crippen molar-refractivity contribution in [3.05, 3.63) is 18.1 Å². The van der Waals surface area contributed by atoms with Gasteiger partial charge in [-0.25, -0.2) is 9.97 Å². The van der Waals surface area contributed by atoms with Gasteiger partial charge in [0.15, 0.2) is 0 Å². The molecule has 0 spiro atoms. The van der Waals surface area contributed by atoms with Crippen LogP contribution in [0.15, 0.2) is 12.3 Å². The zero-order valence-electron chi connectivity index (χ0n) is 6.03. The van der Waals surface area contributed by atoms with E-state index in [9.17, 15) is 4.79 Å².